The van der Waals surface area contributed by atoms with Crippen LogP contribution in [0.1, 0.15) is 5.56 Å². The van der Waals surface area contributed by atoms with Crippen LogP contribution in [0.5, 0.6) is 0 Å². The summed E-state index contributed by atoms with van der Waals surface area (Å²) in [5.74, 6) is 0.247. The topological polar surface area (TPSA) is 71.1 Å². The first-order valence-corrected chi connectivity index (χ1v) is 9.37. The fourth-order valence-corrected chi connectivity index (χ4v) is 3.41. The van der Waals surface area contributed by atoms with Gasteiger partial charge in [-0.3, -0.25) is 4.72 Å². The number of pyridine rings is 1. The van der Waals surface area contributed by atoms with Gasteiger partial charge in [0.15, 0.2) is 0 Å². The largest absolute Gasteiger partial charge is 0.354 e. The van der Waals surface area contributed by atoms with Gasteiger partial charge in [-0.1, -0.05) is 35.9 Å². The Balaban J connectivity index is 1.75. The van der Waals surface area contributed by atoms with Crippen molar-refractivity contribution in [2.45, 2.75) is 11.8 Å². The lowest BCUT2D eigenvalue weighted by Gasteiger charge is -2.11. The number of rotatable bonds is 5. The van der Waals surface area contributed by atoms with E-state index in [4.69, 9.17) is 11.6 Å². The maximum Gasteiger partial charge on any atom is 0.263 e. The van der Waals surface area contributed by atoms with E-state index in [0.29, 0.717) is 5.02 Å². The van der Waals surface area contributed by atoms with E-state index in [-0.39, 0.29) is 10.7 Å². The third kappa shape index (κ3) is 4.29. The molecule has 2 N–H and O–H groups in total. The Hall–Kier alpha value is -2.57. The van der Waals surface area contributed by atoms with Crippen LogP contribution in [-0.2, 0) is 10.0 Å². The summed E-state index contributed by atoms with van der Waals surface area (Å²) in [5.41, 5.74) is 2.64. The van der Waals surface area contributed by atoms with Crippen molar-refractivity contribution in [2.24, 2.45) is 0 Å². The number of halogens is 1. The number of sulfonamides is 1. The minimum absolute atomic E-state index is 0.188. The highest BCUT2D eigenvalue weighted by atomic mass is 35.5. The molecule has 0 amide bonds. The molecule has 2 aromatic carbocycles. The molecule has 0 aliphatic carbocycles. The molecule has 0 saturated heterocycles. The van der Waals surface area contributed by atoms with Crippen molar-refractivity contribution in [3.63, 3.8) is 0 Å². The highest BCUT2D eigenvalue weighted by Crippen LogP contribution is 2.24. The normalized spacial score (nSPS) is 11.1. The van der Waals surface area contributed by atoms with Gasteiger partial charge >= 0.3 is 0 Å². The van der Waals surface area contributed by atoms with Crippen LogP contribution in [-0.4, -0.2) is 13.4 Å². The zero-order chi connectivity index (χ0) is 17.9. The van der Waals surface area contributed by atoms with E-state index in [1.54, 1.807) is 36.5 Å². The SMILES string of the molecule is Cc1ccc(Cl)cc1Nc1ccc(NS(=O)(=O)c2ccccc2)nc1. The number of anilines is 3. The van der Waals surface area contributed by atoms with Gasteiger partial charge in [-0.15, -0.1) is 0 Å². The second kappa shape index (κ2) is 7.13. The van der Waals surface area contributed by atoms with Crippen LogP contribution in [0, 0.1) is 6.92 Å². The van der Waals surface area contributed by atoms with E-state index in [9.17, 15) is 8.42 Å². The second-order valence-corrected chi connectivity index (χ2v) is 7.55. The van der Waals surface area contributed by atoms with E-state index in [1.807, 2.05) is 25.1 Å². The highest BCUT2D eigenvalue weighted by molar-refractivity contribution is 7.92. The Morgan fingerprint density at radius 2 is 1.76 bits per heavy atom. The Kier molecular flexibility index (Phi) is 4.92. The maximum atomic E-state index is 12.3. The molecule has 0 aliphatic heterocycles. The molecule has 25 heavy (non-hydrogen) atoms. The minimum Gasteiger partial charge on any atom is -0.354 e. The molecular formula is C18H16ClN3O2S. The van der Waals surface area contributed by atoms with Crippen molar-refractivity contribution in [1.82, 2.24) is 4.98 Å². The average Bonchev–Trinajstić information content (AvgIpc) is 2.60. The summed E-state index contributed by atoms with van der Waals surface area (Å²) in [6, 6.07) is 17.1. The predicted molar refractivity (Wildman–Crippen MR) is 101 cm³/mol. The number of nitrogens with one attached hydrogen (secondary N) is 2. The fraction of sp³-hybridized carbons (Fsp3) is 0.0556. The zero-order valence-corrected chi connectivity index (χ0v) is 15.0. The predicted octanol–water partition coefficient (Wildman–Crippen LogP) is 4.59. The van der Waals surface area contributed by atoms with Crippen molar-refractivity contribution in [3.8, 4) is 0 Å². The van der Waals surface area contributed by atoms with Gasteiger partial charge in [0.2, 0.25) is 0 Å². The quantitative estimate of drug-likeness (QED) is 0.686. The number of hydrogen-bond donors (Lipinski definition) is 2. The molecule has 0 atom stereocenters. The molecule has 0 radical (unpaired) electrons. The summed E-state index contributed by atoms with van der Waals surface area (Å²) in [4.78, 5) is 4.34. The summed E-state index contributed by atoms with van der Waals surface area (Å²) in [6.45, 7) is 1.97. The third-order valence-corrected chi connectivity index (χ3v) is 5.14. The van der Waals surface area contributed by atoms with Crippen LogP contribution >= 0.6 is 11.6 Å². The minimum atomic E-state index is -3.65. The molecule has 5 nitrogen and oxygen atoms in total. The number of hydrogen-bond acceptors (Lipinski definition) is 4. The van der Waals surface area contributed by atoms with E-state index in [0.717, 1.165) is 16.9 Å². The van der Waals surface area contributed by atoms with Crippen LogP contribution in [0.4, 0.5) is 17.2 Å². The summed E-state index contributed by atoms with van der Waals surface area (Å²) >= 11 is 6.01. The highest BCUT2D eigenvalue weighted by Gasteiger charge is 2.14. The smallest absolute Gasteiger partial charge is 0.263 e. The molecule has 7 heteroatoms. The van der Waals surface area contributed by atoms with Crippen molar-refractivity contribution in [2.75, 3.05) is 10.0 Å². The third-order valence-electron chi connectivity index (χ3n) is 3.53. The maximum absolute atomic E-state index is 12.3. The van der Waals surface area contributed by atoms with E-state index < -0.39 is 10.0 Å². The van der Waals surface area contributed by atoms with Gasteiger partial charge in [0, 0.05) is 10.7 Å². The second-order valence-electron chi connectivity index (χ2n) is 5.43. The first-order valence-electron chi connectivity index (χ1n) is 7.51. The Morgan fingerprint density at radius 3 is 2.44 bits per heavy atom. The van der Waals surface area contributed by atoms with E-state index in [1.165, 1.54) is 12.1 Å². The average molecular weight is 374 g/mol. The summed E-state index contributed by atoms with van der Waals surface area (Å²) in [5, 5.41) is 3.84. The van der Waals surface area contributed by atoms with Gasteiger partial charge < -0.3 is 5.32 Å². The Morgan fingerprint density at radius 1 is 1.00 bits per heavy atom. The molecule has 3 aromatic rings. The van der Waals surface area contributed by atoms with Crippen molar-refractivity contribution in [1.29, 1.82) is 0 Å². The molecule has 128 valence electrons. The molecular weight excluding hydrogens is 358 g/mol. The van der Waals surface area contributed by atoms with E-state index in [2.05, 4.69) is 15.0 Å². The molecule has 1 heterocycles. The van der Waals surface area contributed by atoms with Crippen LogP contribution in [0.25, 0.3) is 0 Å². The van der Waals surface area contributed by atoms with Gasteiger partial charge in [0.1, 0.15) is 5.82 Å². The van der Waals surface area contributed by atoms with Gasteiger partial charge in [0.25, 0.3) is 10.0 Å². The van der Waals surface area contributed by atoms with Crippen molar-refractivity contribution < 1.29 is 8.42 Å². The van der Waals surface area contributed by atoms with Crippen molar-refractivity contribution >= 4 is 38.8 Å². The zero-order valence-electron chi connectivity index (χ0n) is 13.4. The summed E-state index contributed by atoms with van der Waals surface area (Å²) < 4.78 is 27.0. The molecule has 0 aliphatic rings. The monoisotopic (exact) mass is 373 g/mol. The fourth-order valence-electron chi connectivity index (χ4n) is 2.21. The molecule has 0 spiro atoms. The van der Waals surface area contributed by atoms with Gasteiger partial charge in [-0.25, -0.2) is 13.4 Å². The van der Waals surface area contributed by atoms with Gasteiger partial charge in [0.05, 0.1) is 16.8 Å². The van der Waals surface area contributed by atoms with Gasteiger partial charge in [-0.2, -0.15) is 0 Å². The molecule has 3 rings (SSSR count). The lowest BCUT2D eigenvalue weighted by atomic mass is 10.2. The molecule has 0 fully saturated rings. The first-order chi connectivity index (χ1) is 11.9. The Labute approximate surface area is 151 Å². The first kappa shape index (κ1) is 17.3. The summed E-state index contributed by atoms with van der Waals surface area (Å²) in [6.07, 6.45) is 1.56. The number of aromatic nitrogens is 1. The number of nitrogens with zero attached hydrogens (tertiary/aromatic N) is 1. The van der Waals surface area contributed by atoms with Crippen molar-refractivity contribution in [3.05, 3.63) is 77.4 Å². The lowest BCUT2D eigenvalue weighted by molar-refractivity contribution is 0.601. The van der Waals surface area contributed by atoms with Gasteiger partial charge in [-0.05, 0) is 48.9 Å². The van der Waals surface area contributed by atoms with Crippen LogP contribution < -0.4 is 10.0 Å². The molecule has 0 bridgehead atoms. The van der Waals surface area contributed by atoms with Crippen LogP contribution in [0.15, 0.2) is 71.8 Å². The van der Waals surface area contributed by atoms with Crippen LogP contribution in [0.3, 0.4) is 0 Å². The Bertz CT molecular complexity index is 975. The molecule has 0 unspecified atom stereocenters. The number of benzene rings is 2. The standard InChI is InChI=1S/C18H16ClN3O2S/c1-13-7-8-14(19)11-17(13)21-15-9-10-18(20-12-15)22-25(23,24)16-5-3-2-4-6-16/h2-12,21H,1H3,(H,20,22). The van der Waals surface area contributed by atoms with E-state index >= 15 is 0 Å². The number of aryl methyl sites for hydroxylation is 1. The van der Waals surface area contributed by atoms with Crippen LogP contribution in [0.2, 0.25) is 5.02 Å². The molecule has 0 saturated carbocycles. The molecule has 1 aromatic heterocycles. The lowest BCUT2D eigenvalue weighted by Crippen LogP contribution is -2.13. The summed E-state index contributed by atoms with van der Waals surface area (Å²) in [7, 11) is -3.65.